The van der Waals surface area contributed by atoms with Crippen LogP contribution in [0.5, 0.6) is 0 Å². The summed E-state index contributed by atoms with van der Waals surface area (Å²) in [5.74, 6) is -0.739. The van der Waals surface area contributed by atoms with Gasteiger partial charge in [0, 0.05) is 10.1 Å². The molecule has 0 atom stereocenters. The zero-order valence-electron chi connectivity index (χ0n) is 9.79. The molecule has 2 aromatic rings. The van der Waals surface area contributed by atoms with Crippen LogP contribution < -0.4 is 5.32 Å². The van der Waals surface area contributed by atoms with Crippen LogP contribution >= 0.6 is 34.2 Å². The third-order valence-electron chi connectivity index (χ3n) is 2.55. The maximum absolute atomic E-state index is 13.3. The number of carbonyl (C=O) groups excluding carboxylic acids is 1. The fourth-order valence-electron chi connectivity index (χ4n) is 1.57. The second-order valence-corrected chi connectivity index (χ2v) is 5.48. The first-order chi connectivity index (χ1) is 9.08. The van der Waals surface area contributed by atoms with E-state index in [4.69, 9.17) is 11.6 Å². The summed E-state index contributed by atoms with van der Waals surface area (Å²) in [4.78, 5) is 12.0. The Labute approximate surface area is 129 Å². The quantitative estimate of drug-likeness (QED) is 0.624. The molecular formula is C14H10ClFINO. The number of carbonyl (C=O) groups is 1. The first-order valence-corrected chi connectivity index (χ1v) is 7.00. The molecule has 0 bridgehead atoms. The lowest BCUT2D eigenvalue weighted by Crippen LogP contribution is -2.23. The lowest BCUT2D eigenvalue weighted by molar-refractivity contribution is 0.0951. The largest absolute Gasteiger partial charge is 0.348 e. The fraction of sp³-hybridized carbons (Fsp3) is 0.0714. The number of rotatable bonds is 3. The molecule has 1 amide bonds. The van der Waals surface area contributed by atoms with Crippen LogP contribution in [0.15, 0.2) is 42.5 Å². The Kier molecular flexibility index (Phi) is 4.76. The lowest BCUT2D eigenvalue weighted by atomic mass is 10.2. The smallest absolute Gasteiger partial charge is 0.253 e. The molecule has 0 saturated heterocycles. The van der Waals surface area contributed by atoms with Crippen LogP contribution in [0.2, 0.25) is 5.02 Å². The Bertz CT molecular complexity index is 604. The van der Waals surface area contributed by atoms with Gasteiger partial charge >= 0.3 is 0 Å². The van der Waals surface area contributed by atoms with E-state index in [1.807, 2.05) is 52.9 Å². The Morgan fingerprint density at radius 2 is 1.95 bits per heavy atom. The molecule has 0 radical (unpaired) electrons. The van der Waals surface area contributed by atoms with Crippen LogP contribution in [0.1, 0.15) is 15.9 Å². The highest BCUT2D eigenvalue weighted by Gasteiger charge is 2.13. The van der Waals surface area contributed by atoms with E-state index in [2.05, 4.69) is 5.32 Å². The minimum absolute atomic E-state index is 0.114. The van der Waals surface area contributed by atoms with Gasteiger partial charge in [-0.2, -0.15) is 0 Å². The molecule has 5 heteroatoms. The summed E-state index contributed by atoms with van der Waals surface area (Å²) in [6.07, 6.45) is 0. The summed E-state index contributed by atoms with van der Waals surface area (Å²) in [6, 6.07) is 12.1. The molecule has 0 saturated carbocycles. The van der Waals surface area contributed by atoms with Gasteiger partial charge in [-0.05, 0) is 40.3 Å². The average Bonchev–Trinajstić information content (AvgIpc) is 2.41. The molecule has 0 heterocycles. The van der Waals surface area contributed by atoms with Crippen molar-refractivity contribution in [3.8, 4) is 0 Å². The third kappa shape index (κ3) is 3.67. The lowest BCUT2D eigenvalue weighted by Gasteiger charge is -2.08. The average molecular weight is 390 g/mol. The summed E-state index contributed by atoms with van der Waals surface area (Å²) in [5, 5.41) is 2.87. The van der Waals surface area contributed by atoms with E-state index in [9.17, 15) is 9.18 Å². The van der Waals surface area contributed by atoms with Gasteiger partial charge in [0.1, 0.15) is 5.82 Å². The van der Waals surface area contributed by atoms with Crippen molar-refractivity contribution in [1.29, 1.82) is 0 Å². The van der Waals surface area contributed by atoms with Crippen LogP contribution in [-0.4, -0.2) is 5.91 Å². The molecule has 0 fully saturated rings. The highest BCUT2D eigenvalue weighted by molar-refractivity contribution is 14.1. The minimum Gasteiger partial charge on any atom is -0.348 e. The zero-order valence-corrected chi connectivity index (χ0v) is 12.7. The summed E-state index contributed by atoms with van der Waals surface area (Å²) in [5.41, 5.74) is 1.27. The van der Waals surface area contributed by atoms with E-state index in [-0.39, 0.29) is 16.5 Å². The second kappa shape index (κ2) is 6.34. The molecule has 98 valence electrons. The van der Waals surface area contributed by atoms with E-state index in [0.717, 1.165) is 11.6 Å². The normalized spacial score (nSPS) is 10.3. The van der Waals surface area contributed by atoms with Crippen LogP contribution in [0.25, 0.3) is 0 Å². The Morgan fingerprint density at radius 1 is 1.26 bits per heavy atom. The van der Waals surface area contributed by atoms with Gasteiger partial charge in [-0.15, -0.1) is 0 Å². The summed E-state index contributed by atoms with van der Waals surface area (Å²) in [7, 11) is 0. The van der Waals surface area contributed by atoms with Gasteiger partial charge in [0.15, 0.2) is 0 Å². The van der Waals surface area contributed by atoms with Gasteiger partial charge in [-0.1, -0.05) is 41.9 Å². The summed E-state index contributed by atoms with van der Waals surface area (Å²) >= 11 is 7.70. The van der Waals surface area contributed by atoms with E-state index >= 15 is 0 Å². The van der Waals surface area contributed by atoms with Crippen molar-refractivity contribution < 1.29 is 9.18 Å². The molecule has 1 N–H and O–H groups in total. The molecule has 2 aromatic carbocycles. The highest BCUT2D eigenvalue weighted by Crippen LogP contribution is 2.22. The molecule has 19 heavy (non-hydrogen) atoms. The number of amides is 1. The molecule has 2 rings (SSSR count). The molecule has 0 aliphatic carbocycles. The SMILES string of the molecule is O=C(NCc1ccccc1)c1cc(I)c(F)cc1Cl. The van der Waals surface area contributed by atoms with Gasteiger partial charge < -0.3 is 5.32 Å². The maximum atomic E-state index is 13.3. The van der Waals surface area contributed by atoms with Crippen molar-refractivity contribution in [1.82, 2.24) is 5.32 Å². The Hall–Kier alpha value is -1.14. The van der Waals surface area contributed by atoms with Gasteiger partial charge in [0.2, 0.25) is 0 Å². The van der Waals surface area contributed by atoms with E-state index in [1.54, 1.807) is 0 Å². The van der Waals surface area contributed by atoms with Crippen molar-refractivity contribution in [2.75, 3.05) is 0 Å². The molecule has 0 spiro atoms. The monoisotopic (exact) mass is 389 g/mol. The number of hydrogen-bond donors (Lipinski definition) is 1. The number of nitrogens with one attached hydrogen (secondary N) is 1. The van der Waals surface area contributed by atoms with Gasteiger partial charge in [-0.25, -0.2) is 4.39 Å². The Balaban J connectivity index is 2.10. The highest BCUT2D eigenvalue weighted by atomic mass is 127. The van der Waals surface area contributed by atoms with Crippen molar-refractivity contribution in [2.24, 2.45) is 0 Å². The van der Waals surface area contributed by atoms with E-state index in [0.29, 0.717) is 10.1 Å². The molecule has 0 unspecified atom stereocenters. The van der Waals surface area contributed by atoms with Crippen LogP contribution in [0, 0.1) is 9.39 Å². The third-order valence-corrected chi connectivity index (χ3v) is 3.69. The predicted molar refractivity (Wildman–Crippen MR) is 81.7 cm³/mol. The van der Waals surface area contributed by atoms with Crippen molar-refractivity contribution in [3.05, 3.63) is 68.0 Å². The molecule has 2 nitrogen and oxygen atoms in total. The minimum atomic E-state index is -0.426. The topological polar surface area (TPSA) is 29.1 Å². The fourth-order valence-corrected chi connectivity index (χ4v) is 2.27. The van der Waals surface area contributed by atoms with Crippen LogP contribution in [0.4, 0.5) is 4.39 Å². The molecule has 0 aliphatic rings. The van der Waals surface area contributed by atoms with Gasteiger partial charge in [-0.3, -0.25) is 4.79 Å². The number of benzene rings is 2. The first kappa shape index (κ1) is 14.3. The van der Waals surface area contributed by atoms with Crippen molar-refractivity contribution in [2.45, 2.75) is 6.54 Å². The van der Waals surface area contributed by atoms with E-state index < -0.39 is 5.82 Å². The molecular weight excluding hydrogens is 380 g/mol. The predicted octanol–water partition coefficient (Wildman–Crippen LogP) is 4.01. The van der Waals surface area contributed by atoms with E-state index in [1.165, 1.54) is 6.07 Å². The first-order valence-electron chi connectivity index (χ1n) is 5.54. The molecule has 0 aromatic heterocycles. The van der Waals surface area contributed by atoms with Crippen molar-refractivity contribution >= 4 is 40.1 Å². The number of halogens is 3. The summed E-state index contributed by atoms with van der Waals surface area (Å²) in [6.45, 7) is 0.407. The Morgan fingerprint density at radius 3 is 2.63 bits per heavy atom. The zero-order chi connectivity index (χ0) is 13.8. The second-order valence-electron chi connectivity index (χ2n) is 3.91. The maximum Gasteiger partial charge on any atom is 0.253 e. The summed E-state index contributed by atoms with van der Waals surface area (Å²) < 4.78 is 13.6. The van der Waals surface area contributed by atoms with Gasteiger partial charge in [0.05, 0.1) is 10.6 Å². The van der Waals surface area contributed by atoms with Gasteiger partial charge in [0.25, 0.3) is 5.91 Å². The molecule has 0 aliphatic heterocycles. The standard InChI is InChI=1S/C14H10ClFINO/c15-11-7-12(16)13(17)6-10(11)14(19)18-8-9-4-2-1-3-5-9/h1-7H,8H2,(H,18,19). The van der Waals surface area contributed by atoms with Crippen LogP contribution in [-0.2, 0) is 6.54 Å². The van der Waals surface area contributed by atoms with Crippen LogP contribution in [0.3, 0.4) is 0 Å². The van der Waals surface area contributed by atoms with Crippen molar-refractivity contribution in [3.63, 3.8) is 0 Å². The number of hydrogen-bond acceptors (Lipinski definition) is 1.